The van der Waals surface area contributed by atoms with Crippen molar-refractivity contribution in [1.29, 1.82) is 0 Å². The van der Waals surface area contributed by atoms with E-state index in [0.717, 1.165) is 24.1 Å². The van der Waals surface area contributed by atoms with Crippen molar-refractivity contribution in [3.05, 3.63) is 98.8 Å². The van der Waals surface area contributed by atoms with Gasteiger partial charge in [0.25, 0.3) is 11.5 Å². The smallest absolute Gasteiger partial charge is 0.435 e. The second kappa shape index (κ2) is 10.6. The number of pyridine rings is 1. The number of hydrogen-bond donors (Lipinski definition) is 0. The Kier molecular flexibility index (Phi) is 7.66. The number of carbonyl (C=O) groups excluding carboxylic acids is 2. The van der Waals surface area contributed by atoms with Gasteiger partial charge in [0.05, 0.1) is 25.1 Å². The Bertz CT molecular complexity index is 1400. The van der Waals surface area contributed by atoms with Crippen LogP contribution >= 0.6 is 23.2 Å². The zero-order valence-corrected chi connectivity index (χ0v) is 21.6. The quantitative estimate of drug-likeness (QED) is 0.344. The topological polar surface area (TPSA) is 81.1 Å². The average molecular weight is 566 g/mol. The fraction of sp³-hybridized carbons (Fsp3) is 0.231. The number of ether oxygens (including phenoxy) is 1. The van der Waals surface area contributed by atoms with Gasteiger partial charge in [-0.15, -0.1) is 0 Å². The Labute approximate surface area is 225 Å². The van der Waals surface area contributed by atoms with E-state index < -0.39 is 30.2 Å². The molecule has 1 atom stereocenters. The zero-order chi connectivity index (χ0) is 27.7. The van der Waals surface area contributed by atoms with Gasteiger partial charge in [-0.25, -0.2) is 9.69 Å². The predicted molar refractivity (Wildman–Crippen MR) is 134 cm³/mol. The SMILES string of the molecule is COC(=O)N(Cc1ccccn1)C(=O)c1ccc(C2=NOC(c3cc(Cl)cc(Cl)c3)(C(F)(F)F)C2)cc1C. The minimum atomic E-state index is -4.84. The van der Waals surface area contributed by atoms with Gasteiger partial charge in [-0.2, -0.15) is 13.2 Å². The molecule has 0 N–H and O–H groups in total. The number of halogens is 5. The average Bonchev–Trinajstić information content (AvgIpc) is 3.34. The van der Waals surface area contributed by atoms with E-state index in [-0.39, 0.29) is 33.4 Å². The summed E-state index contributed by atoms with van der Waals surface area (Å²) in [5.74, 6) is -0.658. The van der Waals surface area contributed by atoms with Crippen LogP contribution < -0.4 is 0 Å². The highest BCUT2D eigenvalue weighted by Gasteiger charge is 2.62. The van der Waals surface area contributed by atoms with Gasteiger partial charge in [0.1, 0.15) is 0 Å². The number of oxime groups is 1. The minimum Gasteiger partial charge on any atom is -0.452 e. The van der Waals surface area contributed by atoms with Crippen LogP contribution in [-0.4, -0.2) is 40.9 Å². The first-order chi connectivity index (χ1) is 17.9. The first-order valence-electron chi connectivity index (χ1n) is 11.1. The first-order valence-corrected chi connectivity index (χ1v) is 11.9. The number of hydrogen-bond acceptors (Lipinski definition) is 6. The Morgan fingerprint density at radius 3 is 2.39 bits per heavy atom. The van der Waals surface area contributed by atoms with E-state index in [1.807, 2.05) is 0 Å². The highest BCUT2D eigenvalue weighted by molar-refractivity contribution is 6.34. The fourth-order valence-corrected chi connectivity index (χ4v) is 4.58. The molecule has 3 aromatic rings. The molecule has 2 heterocycles. The maximum Gasteiger partial charge on any atom is 0.435 e. The van der Waals surface area contributed by atoms with Crippen LogP contribution in [0.15, 0.2) is 65.9 Å². The summed E-state index contributed by atoms with van der Waals surface area (Å²) in [4.78, 5) is 35.7. The maximum atomic E-state index is 14.3. The Morgan fingerprint density at radius 1 is 1.11 bits per heavy atom. The van der Waals surface area contributed by atoms with Gasteiger partial charge in [0.15, 0.2) is 0 Å². The van der Waals surface area contributed by atoms with E-state index in [1.165, 1.54) is 30.5 Å². The third-order valence-electron chi connectivity index (χ3n) is 5.99. The van der Waals surface area contributed by atoms with Gasteiger partial charge in [-0.05, 0) is 60.5 Å². The number of carbonyl (C=O) groups is 2. The summed E-state index contributed by atoms with van der Waals surface area (Å²) < 4.78 is 47.7. The van der Waals surface area contributed by atoms with E-state index in [0.29, 0.717) is 16.8 Å². The standard InChI is InChI=1S/C26H20Cl2F3N3O4/c1-15-9-16(6-7-21(15)23(35)34(24(36)37-2)14-20-5-3-4-8-32-20)22-13-25(38-33-22,26(29,30)31)17-10-18(27)12-19(28)11-17/h3-12H,13-14H2,1-2H3. The second-order valence-electron chi connectivity index (χ2n) is 8.50. The number of methoxy groups -OCH3 is 1. The van der Waals surface area contributed by atoms with Gasteiger partial charge in [0.2, 0.25) is 0 Å². The molecule has 0 fully saturated rings. The first kappa shape index (κ1) is 27.4. The maximum absolute atomic E-state index is 14.3. The number of alkyl halides is 3. The fourth-order valence-electron chi connectivity index (χ4n) is 4.06. The number of aromatic nitrogens is 1. The lowest BCUT2D eigenvalue weighted by molar-refractivity contribution is -0.275. The molecule has 0 saturated heterocycles. The molecular weight excluding hydrogens is 546 g/mol. The molecule has 0 spiro atoms. The molecule has 12 heteroatoms. The summed E-state index contributed by atoms with van der Waals surface area (Å²) in [5.41, 5.74) is -1.73. The highest BCUT2D eigenvalue weighted by Crippen LogP contribution is 2.49. The molecule has 0 saturated carbocycles. The summed E-state index contributed by atoms with van der Waals surface area (Å²) >= 11 is 11.9. The third-order valence-corrected chi connectivity index (χ3v) is 6.43. The Hall–Kier alpha value is -3.63. The van der Waals surface area contributed by atoms with E-state index in [4.69, 9.17) is 32.8 Å². The number of rotatable bonds is 5. The van der Waals surface area contributed by atoms with E-state index in [2.05, 4.69) is 10.1 Å². The van der Waals surface area contributed by atoms with Crippen LogP contribution in [0.3, 0.4) is 0 Å². The molecule has 1 aliphatic heterocycles. The molecule has 1 unspecified atom stereocenters. The molecule has 0 radical (unpaired) electrons. The van der Waals surface area contributed by atoms with Crippen LogP contribution in [0, 0.1) is 6.92 Å². The lowest BCUT2D eigenvalue weighted by Crippen LogP contribution is -2.42. The lowest BCUT2D eigenvalue weighted by atomic mass is 9.86. The monoisotopic (exact) mass is 565 g/mol. The molecule has 4 rings (SSSR count). The summed E-state index contributed by atoms with van der Waals surface area (Å²) in [6.07, 6.45) is -4.84. The molecule has 0 aliphatic carbocycles. The third kappa shape index (κ3) is 5.32. The van der Waals surface area contributed by atoms with Gasteiger partial charge >= 0.3 is 12.3 Å². The number of nitrogens with zero attached hydrogens (tertiary/aromatic N) is 3. The Balaban J connectivity index is 1.63. The summed E-state index contributed by atoms with van der Waals surface area (Å²) in [6, 6.07) is 13.0. The van der Waals surface area contributed by atoms with Crippen LogP contribution in [0.4, 0.5) is 18.0 Å². The molecule has 7 nitrogen and oxygen atoms in total. The normalized spacial score (nSPS) is 17.0. The molecular formula is C26H20Cl2F3N3O4. The lowest BCUT2D eigenvalue weighted by Gasteiger charge is -2.29. The summed E-state index contributed by atoms with van der Waals surface area (Å²) in [7, 11) is 1.15. The van der Waals surface area contributed by atoms with Crippen molar-refractivity contribution in [2.45, 2.75) is 31.7 Å². The summed E-state index contributed by atoms with van der Waals surface area (Å²) in [5, 5.41) is 3.78. The van der Waals surface area contributed by atoms with Crippen molar-refractivity contribution in [2.75, 3.05) is 7.11 Å². The van der Waals surface area contributed by atoms with Crippen LogP contribution in [0.5, 0.6) is 0 Å². The van der Waals surface area contributed by atoms with Gasteiger partial charge in [-0.3, -0.25) is 9.78 Å². The van der Waals surface area contributed by atoms with Crippen molar-refractivity contribution in [3.63, 3.8) is 0 Å². The van der Waals surface area contributed by atoms with Crippen molar-refractivity contribution >= 4 is 40.9 Å². The van der Waals surface area contributed by atoms with Crippen molar-refractivity contribution in [2.24, 2.45) is 5.16 Å². The largest absolute Gasteiger partial charge is 0.452 e. The number of imide groups is 1. The van der Waals surface area contributed by atoms with Crippen LogP contribution in [-0.2, 0) is 21.7 Å². The number of benzene rings is 2. The number of aryl methyl sites for hydroxylation is 1. The van der Waals surface area contributed by atoms with Gasteiger partial charge < -0.3 is 9.57 Å². The van der Waals surface area contributed by atoms with Crippen LogP contribution in [0.2, 0.25) is 10.0 Å². The van der Waals surface area contributed by atoms with Gasteiger partial charge in [0, 0.05) is 33.8 Å². The molecule has 198 valence electrons. The molecule has 2 amide bonds. The Morgan fingerprint density at radius 2 is 1.82 bits per heavy atom. The molecule has 1 aliphatic rings. The van der Waals surface area contributed by atoms with E-state index >= 15 is 0 Å². The number of amides is 2. The van der Waals surface area contributed by atoms with Crippen molar-refractivity contribution < 1.29 is 32.3 Å². The second-order valence-corrected chi connectivity index (χ2v) is 9.37. The zero-order valence-electron chi connectivity index (χ0n) is 20.1. The van der Waals surface area contributed by atoms with E-state index in [1.54, 1.807) is 25.1 Å². The molecule has 2 aromatic carbocycles. The van der Waals surface area contributed by atoms with Crippen LogP contribution in [0.25, 0.3) is 0 Å². The van der Waals surface area contributed by atoms with Crippen LogP contribution in [0.1, 0.15) is 39.2 Å². The molecule has 0 bridgehead atoms. The predicted octanol–water partition coefficient (Wildman–Crippen LogP) is 6.69. The van der Waals surface area contributed by atoms with Gasteiger partial charge in [-0.1, -0.05) is 40.5 Å². The molecule has 38 heavy (non-hydrogen) atoms. The minimum absolute atomic E-state index is 0.0128. The summed E-state index contributed by atoms with van der Waals surface area (Å²) in [6.45, 7) is 1.46. The van der Waals surface area contributed by atoms with Crippen molar-refractivity contribution in [3.8, 4) is 0 Å². The molecule has 1 aromatic heterocycles. The van der Waals surface area contributed by atoms with Crippen molar-refractivity contribution in [1.82, 2.24) is 9.88 Å². The van der Waals surface area contributed by atoms with E-state index in [9.17, 15) is 22.8 Å². The highest BCUT2D eigenvalue weighted by atomic mass is 35.5.